The third-order valence-electron chi connectivity index (χ3n) is 0.846. The third-order valence-corrected chi connectivity index (χ3v) is 2.12. The van der Waals surface area contributed by atoms with Crippen LogP contribution in [0.1, 0.15) is 0 Å². The highest BCUT2D eigenvalue weighted by Gasteiger charge is 2.20. The second-order valence-electron chi connectivity index (χ2n) is 1.71. The minimum atomic E-state index is -2.89. The van der Waals surface area contributed by atoms with Crippen molar-refractivity contribution in [1.29, 1.82) is 0 Å². The molecule has 1 atom stereocenters. The summed E-state index contributed by atoms with van der Waals surface area (Å²) in [6.07, 6.45) is 1.42. The van der Waals surface area contributed by atoms with Gasteiger partial charge in [-0.25, -0.2) is 9.79 Å². The van der Waals surface area contributed by atoms with Gasteiger partial charge in [-0.3, -0.25) is 15.2 Å². The molecule has 0 aromatic carbocycles. The first-order valence-electron chi connectivity index (χ1n) is 2.32. The minimum Gasteiger partial charge on any atom is -0.282 e. The Kier molecular flexibility index (Phi) is 1.38. The lowest BCUT2D eigenvalue weighted by Crippen LogP contribution is -2.27. The molecule has 1 rings (SSSR count). The van der Waals surface area contributed by atoms with Gasteiger partial charge in [0, 0.05) is 6.21 Å². The zero-order valence-corrected chi connectivity index (χ0v) is 5.47. The van der Waals surface area contributed by atoms with E-state index < -0.39 is 13.5 Å². The summed E-state index contributed by atoms with van der Waals surface area (Å²) in [6.45, 7) is 0. The Hall–Kier alpha value is -0.670. The number of aliphatic imine (C=N–C) groups is 1. The van der Waals surface area contributed by atoms with Gasteiger partial charge in [-0.2, -0.15) is 0 Å². The number of nitrogens with one attached hydrogen (secondary N) is 1. The van der Waals surface area contributed by atoms with Crippen LogP contribution in [0.4, 0.5) is 4.79 Å². The molecule has 2 amide bonds. The molecule has 1 aliphatic heterocycles. The predicted molar refractivity (Wildman–Crippen MR) is 33.7 cm³/mol. The molecule has 0 spiro atoms. The zero-order valence-electron chi connectivity index (χ0n) is 4.57. The first kappa shape index (κ1) is 6.45. The predicted octanol–water partition coefficient (Wildman–Crippen LogP) is -0.0678. The van der Waals surface area contributed by atoms with Crippen LogP contribution < -0.4 is 10.6 Å². The number of nitrogens with two attached hydrogens (primary N) is 1. The Morgan fingerprint density at radius 2 is 2.56 bits per heavy atom. The van der Waals surface area contributed by atoms with Gasteiger partial charge in [0.1, 0.15) is 0 Å². The van der Waals surface area contributed by atoms with Gasteiger partial charge >= 0.3 is 6.03 Å². The van der Waals surface area contributed by atoms with Crippen molar-refractivity contribution in [3.8, 4) is 0 Å². The van der Waals surface area contributed by atoms with Crippen LogP contribution in [0, 0.1) is 0 Å². The van der Waals surface area contributed by atoms with E-state index in [1.165, 1.54) is 6.21 Å². The molecule has 9 heavy (non-hydrogen) atoms. The van der Waals surface area contributed by atoms with Crippen molar-refractivity contribution < 1.29 is 9.36 Å². The Labute approximate surface area is 51.8 Å². The normalized spacial score (nSPS) is 34.1. The van der Waals surface area contributed by atoms with Crippen molar-refractivity contribution in [3.63, 3.8) is 0 Å². The van der Waals surface area contributed by atoms with E-state index in [2.05, 4.69) is 10.1 Å². The van der Waals surface area contributed by atoms with Crippen LogP contribution in [-0.2, 0) is 4.57 Å². The summed E-state index contributed by atoms with van der Waals surface area (Å²) >= 11 is 0. The van der Waals surface area contributed by atoms with Gasteiger partial charge in [0.25, 0.3) is 0 Å². The average molecular weight is 147 g/mol. The van der Waals surface area contributed by atoms with Crippen LogP contribution in [0.2, 0.25) is 0 Å². The smallest absolute Gasteiger partial charge is 0.282 e. The lowest BCUT2D eigenvalue weighted by Gasteiger charge is -2.12. The molecule has 3 N–H and O–H groups in total. The van der Waals surface area contributed by atoms with Gasteiger partial charge in [0.2, 0.25) is 7.44 Å². The lowest BCUT2D eigenvalue weighted by atomic mass is 10.8. The van der Waals surface area contributed by atoms with Crippen molar-refractivity contribution in [2.75, 3.05) is 6.16 Å². The molecule has 0 saturated heterocycles. The summed E-state index contributed by atoms with van der Waals surface area (Å²) in [7, 11) is -2.89. The Balaban J connectivity index is 2.81. The highest BCUT2D eigenvalue weighted by atomic mass is 31.2. The van der Waals surface area contributed by atoms with Gasteiger partial charge in [0.05, 0.1) is 6.16 Å². The van der Waals surface area contributed by atoms with Gasteiger partial charge in [0.15, 0.2) is 0 Å². The minimum absolute atomic E-state index is 0.152. The summed E-state index contributed by atoms with van der Waals surface area (Å²) in [5.41, 5.74) is 5.10. The molecular formula is C3H6N3O2P. The van der Waals surface area contributed by atoms with Gasteiger partial charge in [-0.1, -0.05) is 0 Å². The second-order valence-corrected chi connectivity index (χ2v) is 3.89. The molecule has 0 aromatic rings. The molecule has 0 aromatic heterocycles. The first-order valence-corrected chi connectivity index (χ1v) is 4.29. The maximum Gasteiger partial charge on any atom is 0.346 e. The fraction of sp³-hybridized carbons (Fsp3) is 0.333. The highest BCUT2D eigenvalue weighted by molar-refractivity contribution is 7.61. The SMILES string of the molecule is N[P@]1(=O)CC=NC(=O)N1. The highest BCUT2D eigenvalue weighted by Crippen LogP contribution is 2.30. The number of hydrogen-bond donors (Lipinski definition) is 2. The average Bonchev–Trinajstić information content (AvgIpc) is 1.60. The van der Waals surface area contributed by atoms with Crippen LogP contribution >= 0.6 is 7.44 Å². The number of rotatable bonds is 0. The van der Waals surface area contributed by atoms with E-state index in [9.17, 15) is 9.36 Å². The van der Waals surface area contributed by atoms with E-state index in [1.807, 2.05) is 0 Å². The summed E-state index contributed by atoms with van der Waals surface area (Å²) in [4.78, 5) is 13.6. The molecule has 0 saturated carbocycles. The molecule has 0 aliphatic carbocycles. The summed E-state index contributed by atoms with van der Waals surface area (Å²) < 4.78 is 10.8. The number of hydrogen-bond acceptors (Lipinski definition) is 2. The van der Waals surface area contributed by atoms with E-state index in [-0.39, 0.29) is 6.16 Å². The van der Waals surface area contributed by atoms with Gasteiger partial charge in [-0.05, 0) is 0 Å². The maximum atomic E-state index is 10.8. The molecule has 0 unspecified atom stereocenters. The molecule has 1 heterocycles. The third kappa shape index (κ3) is 1.62. The fourth-order valence-electron chi connectivity index (χ4n) is 0.481. The van der Waals surface area contributed by atoms with E-state index in [0.717, 1.165) is 0 Å². The Bertz CT molecular complexity index is 211. The standard InChI is InChI=1S/C3H6N3O2P/c4-9(8)2-1-5-3(7)6-9/h1H,2H2,(H3,4,6,7,8)/t9-/m1/s1. The zero-order chi connectivity index (χ0) is 6.91. The topological polar surface area (TPSA) is 84.6 Å². The van der Waals surface area contributed by atoms with Gasteiger partial charge in [-0.15, -0.1) is 0 Å². The molecule has 0 radical (unpaired) electrons. The number of amides is 2. The van der Waals surface area contributed by atoms with Crippen LogP contribution in [0.3, 0.4) is 0 Å². The largest absolute Gasteiger partial charge is 0.346 e. The maximum absolute atomic E-state index is 10.8. The van der Waals surface area contributed by atoms with E-state index in [1.54, 1.807) is 0 Å². The van der Waals surface area contributed by atoms with Crippen molar-refractivity contribution in [2.45, 2.75) is 0 Å². The molecule has 50 valence electrons. The number of urea groups is 1. The monoisotopic (exact) mass is 147 g/mol. The summed E-state index contributed by atoms with van der Waals surface area (Å²) in [5, 5.41) is 2.05. The van der Waals surface area contributed by atoms with Gasteiger partial charge < -0.3 is 0 Å². The van der Waals surface area contributed by atoms with Crippen molar-refractivity contribution >= 4 is 19.7 Å². The van der Waals surface area contributed by atoms with E-state index in [4.69, 9.17) is 5.50 Å². The number of nitrogens with zero attached hydrogens (tertiary/aromatic N) is 1. The second kappa shape index (κ2) is 1.93. The number of carbonyl (C=O) groups excluding carboxylic acids is 1. The molecule has 1 aliphatic rings. The first-order chi connectivity index (χ1) is 4.10. The Morgan fingerprint density at radius 3 is 2.89 bits per heavy atom. The quantitative estimate of drug-likeness (QED) is 0.470. The van der Waals surface area contributed by atoms with Crippen LogP contribution in [0.15, 0.2) is 4.99 Å². The van der Waals surface area contributed by atoms with Crippen molar-refractivity contribution in [1.82, 2.24) is 5.09 Å². The van der Waals surface area contributed by atoms with E-state index >= 15 is 0 Å². The summed E-state index contributed by atoms with van der Waals surface area (Å²) in [6, 6.07) is -0.618. The summed E-state index contributed by atoms with van der Waals surface area (Å²) in [5.74, 6) is 0. The van der Waals surface area contributed by atoms with Crippen molar-refractivity contribution in [2.24, 2.45) is 10.5 Å². The van der Waals surface area contributed by atoms with E-state index in [0.29, 0.717) is 0 Å². The fourth-order valence-corrected chi connectivity index (χ4v) is 1.28. The molecule has 0 fully saturated rings. The van der Waals surface area contributed by atoms with Crippen LogP contribution in [0.5, 0.6) is 0 Å². The molecular weight excluding hydrogens is 141 g/mol. The van der Waals surface area contributed by atoms with Crippen LogP contribution in [-0.4, -0.2) is 18.4 Å². The lowest BCUT2D eigenvalue weighted by molar-refractivity contribution is 0.253. The molecule has 0 bridgehead atoms. The molecule has 5 nitrogen and oxygen atoms in total. The Morgan fingerprint density at radius 1 is 1.89 bits per heavy atom. The number of carbonyl (C=O) groups is 1. The molecule has 6 heteroatoms. The van der Waals surface area contributed by atoms with Crippen LogP contribution in [0.25, 0.3) is 0 Å². The van der Waals surface area contributed by atoms with Crippen molar-refractivity contribution in [3.05, 3.63) is 0 Å².